The lowest BCUT2D eigenvalue weighted by molar-refractivity contribution is 0.125. The second-order valence-corrected chi connectivity index (χ2v) is 7.99. The van der Waals surface area contributed by atoms with E-state index < -0.39 is 20.6 Å². The summed E-state index contributed by atoms with van der Waals surface area (Å²) < 4.78 is 31.5. The van der Waals surface area contributed by atoms with Gasteiger partial charge in [-0.3, -0.25) is 0 Å². The third kappa shape index (κ3) is 2.80. The molecule has 2 aromatic carbocycles. The van der Waals surface area contributed by atoms with Crippen molar-refractivity contribution in [3.05, 3.63) is 66.2 Å². The van der Waals surface area contributed by atoms with Gasteiger partial charge in [-0.15, -0.1) is 0 Å². The third-order valence-corrected chi connectivity index (χ3v) is 6.73. The number of hydrogen-bond donors (Lipinski definition) is 1. The topological polar surface area (TPSA) is 69.4 Å². The van der Waals surface area contributed by atoms with Gasteiger partial charge in [0.1, 0.15) is 0 Å². The van der Waals surface area contributed by atoms with Crippen molar-refractivity contribution >= 4 is 9.84 Å². The van der Waals surface area contributed by atoms with Gasteiger partial charge in [0.2, 0.25) is 0 Å². The summed E-state index contributed by atoms with van der Waals surface area (Å²) in [6, 6.07) is 18.1. The molecule has 4 nitrogen and oxygen atoms in total. The van der Waals surface area contributed by atoms with Crippen molar-refractivity contribution in [1.82, 2.24) is 0 Å². The van der Waals surface area contributed by atoms with E-state index in [4.69, 9.17) is 10.5 Å². The highest BCUT2D eigenvalue weighted by atomic mass is 32.2. The zero-order valence-corrected chi connectivity index (χ0v) is 13.9. The van der Waals surface area contributed by atoms with Gasteiger partial charge in [0.15, 0.2) is 9.84 Å². The van der Waals surface area contributed by atoms with Crippen LogP contribution in [0.5, 0.6) is 0 Å². The Morgan fingerprint density at radius 3 is 2.17 bits per heavy atom. The number of sulfone groups is 1. The van der Waals surface area contributed by atoms with Gasteiger partial charge in [0.05, 0.1) is 22.3 Å². The van der Waals surface area contributed by atoms with Crippen LogP contribution in [0.4, 0.5) is 0 Å². The van der Waals surface area contributed by atoms with E-state index in [-0.39, 0.29) is 12.5 Å². The summed E-state index contributed by atoms with van der Waals surface area (Å²) in [5.74, 6) is -0.250. The fraction of sp³-hybridized carbons (Fsp3) is 0.333. The Labute approximate surface area is 137 Å². The number of ether oxygens (including phenoxy) is 1. The molecule has 23 heavy (non-hydrogen) atoms. The van der Waals surface area contributed by atoms with Crippen molar-refractivity contribution < 1.29 is 13.2 Å². The van der Waals surface area contributed by atoms with E-state index in [1.165, 1.54) is 0 Å². The Morgan fingerprint density at radius 2 is 1.61 bits per heavy atom. The molecule has 0 aromatic heterocycles. The van der Waals surface area contributed by atoms with E-state index in [0.29, 0.717) is 11.5 Å². The van der Waals surface area contributed by atoms with Crippen LogP contribution < -0.4 is 5.73 Å². The summed E-state index contributed by atoms with van der Waals surface area (Å²) in [5.41, 5.74) is 6.53. The highest BCUT2D eigenvalue weighted by Crippen LogP contribution is 2.55. The quantitative estimate of drug-likeness (QED) is 0.882. The van der Waals surface area contributed by atoms with E-state index in [2.05, 4.69) is 0 Å². The summed E-state index contributed by atoms with van der Waals surface area (Å²) in [5, 5.41) is -0.661. The van der Waals surface area contributed by atoms with Crippen molar-refractivity contribution in [2.24, 2.45) is 5.73 Å². The second-order valence-electron chi connectivity index (χ2n) is 5.92. The first kappa shape index (κ1) is 16.2. The number of hydrogen-bond acceptors (Lipinski definition) is 4. The minimum atomic E-state index is -3.51. The SMILES string of the molecule is CCOC[C@]1(N)[C@H](c2ccccc2)[C@@H]1S(=O)(=O)c1ccccc1. The van der Waals surface area contributed by atoms with Gasteiger partial charge in [-0.25, -0.2) is 8.42 Å². The molecule has 1 aliphatic carbocycles. The molecular weight excluding hydrogens is 310 g/mol. The molecule has 0 heterocycles. The van der Waals surface area contributed by atoms with E-state index in [1.54, 1.807) is 30.3 Å². The molecule has 1 fully saturated rings. The minimum Gasteiger partial charge on any atom is -0.380 e. The average Bonchev–Trinajstić information content (AvgIpc) is 3.22. The fourth-order valence-electron chi connectivity index (χ4n) is 3.24. The van der Waals surface area contributed by atoms with Gasteiger partial charge >= 0.3 is 0 Å². The van der Waals surface area contributed by atoms with Gasteiger partial charge in [-0.05, 0) is 24.6 Å². The van der Waals surface area contributed by atoms with E-state index in [9.17, 15) is 8.42 Å². The molecule has 3 atom stereocenters. The van der Waals surface area contributed by atoms with E-state index in [0.717, 1.165) is 5.56 Å². The standard InChI is InChI=1S/C18H21NO3S/c1-2-22-13-18(19)16(14-9-5-3-6-10-14)17(18)23(20,21)15-11-7-4-8-12-15/h3-12,16-17H,2,13,19H2,1H3/t16-,17+,18+/m1/s1. The molecule has 2 N–H and O–H groups in total. The molecule has 0 unspecified atom stereocenters. The summed E-state index contributed by atoms with van der Waals surface area (Å²) in [4.78, 5) is 0.315. The molecule has 0 bridgehead atoms. The van der Waals surface area contributed by atoms with Crippen molar-refractivity contribution in [3.8, 4) is 0 Å². The zero-order valence-electron chi connectivity index (χ0n) is 13.1. The maximum Gasteiger partial charge on any atom is 0.183 e. The number of benzene rings is 2. The molecule has 0 amide bonds. The average molecular weight is 331 g/mol. The van der Waals surface area contributed by atoms with E-state index in [1.807, 2.05) is 37.3 Å². The molecule has 0 spiro atoms. The van der Waals surface area contributed by atoms with Crippen molar-refractivity contribution in [2.45, 2.75) is 28.5 Å². The van der Waals surface area contributed by atoms with Gasteiger partial charge < -0.3 is 10.5 Å². The highest BCUT2D eigenvalue weighted by molar-refractivity contribution is 7.92. The third-order valence-electron chi connectivity index (χ3n) is 4.42. The molecule has 1 saturated carbocycles. The summed E-state index contributed by atoms with van der Waals surface area (Å²) in [6.45, 7) is 2.63. The van der Waals surface area contributed by atoms with Crippen LogP contribution >= 0.6 is 0 Å². The Bertz CT molecular complexity index is 761. The molecule has 3 rings (SSSR count). The Hall–Kier alpha value is -1.69. The Balaban J connectivity index is 1.99. The smallest absolute Gasteiger partial charge is 0.183 e. The number of rotatable bonds is 6. The Kier molecular flexibility index (Phi) is 4.27. The van der Waals surface area contributed by atoms with Gasteiger partial charge in [-0.2, -0.15) is 0 Å². The van der Waals surface area contributed by atoms with Crippen molar-refractivity contribution in [3.63, 3.8) is 0 Å². The van der Waals surface area contributed by atoms with Crippen LogP contribution in [0.3, 0.4) is 0 Å². The van der Waals surface area contributed by atoms with Crippen molar-refractivity contribution in [2.75, 3.05) is 13.2 Å². The zero-order chi connectivity index (χ0) is 16.5. The maximum atomic E-state index is 13.0. The van der Waals surface area contributed by atoms with Crippen LogP contribution in [0.25, 0.3) is 0 Å². The molecule has 0 radical (unpaired) electrons. The monoisotopic (exact) mass is 331 g/mol. The van der Waals surface area contributed by atoms with Crippen LogP contribution in [0.2, 0.25) is 0 Å². The summed E-state index contributed by atoms with van der Waals surface area (Å²) in [6.07, 6.45) is 0. The molecule has 2 aromatic rings. The van der Waals surface area contributed by atoms with Gasteiger partial charge in [0.25, 0.3) is 0 Å². The van der Waals surface area contributed by atoms with Crippen LogP contribution in [-0.2, 0) is 14.6 Å². The first-order valence-electron chi connectivity index (χ1n) is 7.72. The lowest BCUT2D eigenvalue weighted by Crippen LogP contribution is -2.36. The van der Waals surface area contributed by atoms with Crippen LogP contribution in [-0.4, -0.2) is 32.4 Å². The van der Waals surface area contributed by atoms with Crippen LogP contribution in [0.15, 0.2) is 65.6 Å². The predicted octanol–water partition coefficient (Wildman–Crippen LogP) is 2.36. The summed E-state index contributed by atoms with van der Waals surface area (Å²) in [7, 11) is -3.51. The van der Waals surface area contributed by atoms with E-state index >= 15 is 0 Å². The first-order valence-corrected chi connectivity index (χ1v) is 9.27. The predicted molar refractivity (Wildman–Crippen MR) is 90.0 cm³/mol. The highest BCUT2D eigenvalue weighted by Gasteiger charge is 2.69. The Morgan fingerprint density at radius 1 is 1.04 bits per heavy atom. The van der Waals surface area contributed by atoms with Crippen molar-refractivity contribution in [1.29, 1.82) is 0 Å². The summed E-state index contributed by atoms with van der Waals surface area (Å²) >= 11 is 0. The fourth-order valence-corrected chi connectivity index (χ4v) is 5.56. The molecule has 0 aliphatic heterocycles. The second kappa shape index (κ2) is 6.07. The lowest BCUT2D eigenvalue weighted by Gasteiger charge is -2.12. The first-order chi connectivity index (χ1) is 11.0. The molecule has 1 aliphatic rings. The number of nitrogens with two attached hydrogens (primary N) is 1. The molecule has 5 heteroatoms. The van der Waals surface area contributed by atoms with Gasteiger partial charge in [-0.1, -0.05) is 48.5 Å². The molecule has 0 saturated heterocycles. The lowest BCUT2D eigenvalue weighted by atomic mass is 10.1. The van der Waals surface area contributed by atoms with Crippen LogP contribution in [0.1, 0.15) is 18.4 Å². The largest absolute Gasteiger partial charge is 0.380 e. The minimum absolute atomic E-state index is 0.236. The maximum absolute atomic E-state index is 13.0. The van der Waals surface area contributed by atoms with Crippen LogP contribution in [0, 0.1) is 0 Å². The molecular formula is C18H21NO3S. The van der Waals surface area contributed by atoms with Gasteiger partial charge in [0, 0.05) is 12.5 Å². The normalized spacial score (nSPS) is 26.9. The molecule has 122 valence electrons.